The van der Waals surface area contributed by atoms with Gasteiger partial charge in [-0.05, 0) is 32.4 Å². The number of rotatable bonds is 8. The van der Waals surface area contributed by atoms with Crippen LogP contribution in [-0.2, 0) is 19.1 Å². The van der Waals surface area contributed by atoms with Crippen LogP contribution in [0.25, 0.3) is 0 Å². The summed E-state index contributed by atoms with van der Waals surface area (Å²) in [6, 6.07) is 3.48. The molecule has 0 radical (unpaired) electrons. The Bertz CT molecular complexity index is 505. The van der Waals surface area contributed by atoms with Gasteiger partial charge >= 0.3 is 11.9 Å². The van der Waals surface area contributed by atoms with E-state index < -0.39 is 11.4 Å². The number of nitrogens with zero attached hydrogens (tertiary/aromatic N) is 1. The molecule has 0 aliphatic rings. The molecule has 0 bridgehead atoms. The molecule has 0 amide bonds. The quantitative estimate of drug-likeness (QED) is 0.544. The summed E-state index contributed by atoms with van der Waals surface area (Å²) in [7, 11) is 0. The summed E-state index contributed by atoms with van der Waals surface area (Å²) < 4.78 is 11.4. The lowest BCUT2D eigenvalue weighted by Crippen LogP contribution is -2.27. The van der Waals surface area contributed by atoms with E-state index in [4.69, 9.17) is 9.47 Å². The molecule has 1 aromatic heterocycles. The molecular formula is C16H23NO5. The molecule has 0 fully saturated rings. The van der Waals surface area contributed by atoms with Crippen LogP contribution in [0, 0.1) is 5.41 Å². The van der Waals surface area contributed by atoms with Crippen molar-refractivity contribution in [3.05, 3.63) is 24.5 Å². The van der Waals surface area contributed by atoms with Gasteiger partial charge in [0.2, 0.25) is 5.91 Å². The average Bonchev–Trinajstić information content (AvgIpc) is 3.03. The summed E-state index contributed by atoms with van der Waals surface area (Å²) in [5.41, 5.74) is -0.535. The van der Waals surface area contributed by atoms with Crippen molar-refractivity contribution in [2.45, 2.75) is 40.0 Å². The van der Waals surface area contributed by atoms with Gasteiger partial charge < -0.3 is 9.47 Å². The lowest BCUT2D eigenvalue weighted by atomic mass is 9.91. The van der Waals surface area contributed by atoms with Crippen molar-refractivity contribution in [1.82, 2.24) is 4.57 Å². The largest absolute Gasteiger partial charge is 0.462 e. The molecule has 6 nitrogen and oxygen atoms in total. The van der Waals surface area contributed by atoms with Crippen LogP contribution in [0.3, 0.4) is 0 Å². The van der Waals surface area contributed by atoms with Gasteiger partial charge in [0.25, 0.3) is 0 Å². The van der Waals surface area contributed by atoms with Crippen molar-refractivity contribution in [2.24, 2.45) is 5.41 Å². The van der Waals surface area contributed by atoms with Gasteiger partial charge in [-0.25, -0.2) is 0 Å². The SMILES string of the molecule is CCC(C)(C)C(=O)OCCOC(=O)CCC(=O)n1cccc1. The van der Waals surface area contributed by atoms with E-state index in [2.05, 4.69) is 0 Å². The zero-order valence-electron chi connectivity index (χ0n) is 13.3. The minimum atomic E-state index is -0.535. The predicted octanol–water partition coefficient (Wildman–Crippen LogP) is 2.43. The molecule has 0 N–H and O–H groups in total. The van der Waals surface area contributed by atoms with Crippen molar-refractivity contribution >= 4 is 17.8 Å². The summed E-state index contributed by atoms with van der Waals surface area (Å²) in [6.45, 7) is 5.53. The van der Waals surface area contributed by atoms with Gasteiger partial charge in [0.1, 0.15) is 13.2 Å². The normalized spacial score (nSPS) is 11.0. The van der Waals surface area contributed by atoms with E-state index in [-0.39, 0.29) is 37.9 Å². The van der Waals surface area contributed by atoms with E-state index in [1.54, 1.807) is 38.4 Å². The fourth-order valence-electron chi connectivity index (χ4n) is 1.54. The first-order chi connectivity index (χ1) is 10.4. The molecule has 22 heavy (non-hydrogen) atoms. The molecule has 1 heterocycles. The first-order valence-corrected chi connectivity index (χ1v) is 7.36. The highest BCUT2D eigenvalue weighted by atomic mass is 16.6. The van der Waals surface area contributed by atoms with Crippen LogP contribution in [0.2, 0.25) is 0 Å². The molecule has 0 aliphatic carbocycles. The summed E-state index contributed by atoms with van der Waals surface area (Å²) in [5.74, 6) is -0.960. The van der Waals surface area contributed by atoms with E-state index in [0.29, 0.717) is 6.42 Å². The maximum absolute atomic E-state index is 11.7. The number of carbonyl (C=O) groups is 3. The Kier molecular flexibility index (Phi) is 6.82. The van der Waals surface area contributed by atoms with Gasteiger partial charge in [-0.15, -0.1) is 0 Å². The van der Waals surface area contributed by atoms with E-state index in [1.807, 2.05) is 6.92 Å². The molecule has 0 saturated heterocycles. The van der Waals surface area contributed by atoms with Crippen molar-refractivity contribution in [3.63, 3.8) is 0 Å². The molecule has 0 unspecified atom stereocenters. The first kappa shape index (κ1) is 17.9. The van der Waals surface area contributed by atoms with Gasteiger partial charge in [0.15, 0.2) is 0 Å². The monoisotopic (exact) mass is 309 g/mol. The number of hydrogen-bond donors (Lipinski definition) is 0. The van der Waals surface area contributed by atoms with Crippen LogP contribution in [-0.4, -0.2) is 35.6 Å². The Morgan fingerprint density at radius 1 is 1.00 bits per heavy atom. The van der Waals surface area contributed by atoms with Gasteiger partial charge in [0, 0.05) is 18.8 Å². The fourth-order valence-corrected chi connectivity index (χ4v) is 1.54. The molecule has 0 aromatic carbocycles. The minimum absolute atomic E-state index is 0.00206. The molecule has 1 rings (SSSR count). The smallest absolute Gasteiger partial charge is 0.311 e. The number of carbonyl (C=O) groups excluding carboxylic acids is 3. The summed E-state index contributed by atoms with van der Waals surface area (Å²) in [6.07, 6.45) is 4.01. The number of aromatic nitrogens is 1. The standard InChI is InChI=1S/C16H23NO5/c1-4-16(2,3)15(20)22-12-11-21-14(19)8-7-13(18)17-9-5-6-10-17/h5-6,9-10H,4,7-8,11-12H2,1-3H3. The van der Waals surface area contributed by atoms with Crippen LogP contribution in [0.4, 0.5) is 0 Å². The van der Waals surface area contributed by atoms with Gasteiger partial charge in [-0.2, -0.15) is 0 Å². The topological polar surface area (TPSA) is 74.6 Å². The lowest BCUT2D eigenvalue weighted by molar-refractivity contribution is -0.159. The van der Waals surface area contributed by atoms with E-state index in [0.717, 1.165) is 0 Å². The van der Waals surface area contributed by atoms with Crippen molar-refractivity contribution < 1.29 is 23.9 Å². The Balaban J connectivity index is 2.16. The highest BCUT2D eigenvalue weighted by Crippen LogP contribution is 2.21. The Morgan fingerprint density at radius 2 is 1.59 bits per heavy atom. The Hall–Kier alpha value is -2.11. The van der Waals surface area contributed by atoms with Crippen molar-refractivity contribution in [2.75, 3.05) is 13.2 Å². The molecule has 1 aromatic rings. The van der Waals surface area contributed by atoms with Crippen molar-refractivity contribution in [3.8, 4) is 0 Å². The molecule has 122 valence electrons. The molecule has 0 atom stereocenters. The zero-order chi connectivity index (χ0) is 16.6. The Labute approximate surface area is 130 Å². The summed E-state index contributed by atoms with van der Waals surface area (Å²) >= 11 is 0. The van der Waals surface area contributed by atoms with E-state index in [1.165, 1.54) is 4.57 Å². The molecule has 6 heteroatoms. The highest BCUT2D eigenvalue weighted by Gasteiger charge is 2.26. The lowest BCUT2D eigenvalue weighted by Gasteiger charge is -2.20. The Morgan fingerprint density at radius 3 is 2.18 bits per heavy atom. The van der Waals surface area contributed by atoms with E-state index >= 15 is 0 Å². The van der Waals surface area contributed by atoms with Gasteiger partial charge in [-0.3, -0.25) is 19.0 Å². The third kappa shape index (κ3) is 5.71. The molecule has 0 saturated carbocycles. The molecular weight excluding hydrogens is 286 g/mol. The second-order valence-corrected chi connectivity index (χ2v) is 5.58. The fraction of sp³-hybridized carbons (Fsp3) is 0.562. The number of ether oxygens (including phenoxy) is 2. The third-order valence-electron chi connectivity index (χ3n) is 3.45. The zero-order valence-corrected chi connectivity index (χ0v) is 13.3. The maximum Gasteiger partial charge on any atom is 0.311 e. The number of esters is 2. The first-order valence-electron chi connectivity index (χ1n) is 7.36. The summed E-state index contributed by atoms with van der Waals surface area (Å²) in [4.78, 5) is 34.8. The minimum Gasteiger partial charge on any atom is -0.462 e. The summed E-state index contributed by atoms with van der Waals surface area (Å²) in [5, 5.41) is 0. The van der Waals surface area contributed by atoms with Crippen LogP contribution >= 0.6 is 0 Å². The van der Waals surface area contributed by atoms with Crippen LogP contribution < -0.4 is 0 Å². The van der Waals surface area contributed by atoms with Crippen LogP contribution in [0.1, 0.15) is 44.8 Å². The average molecular weight is 309 g/mol. The molecule has 0 spiro atoms. The van der Waals surface area contributed by atoms with Crippen molar-refractivity contribution in [1.29, 1.82) is 0 Å². The van der Waals surface area contributed by atoms with Gasteiger partial charge in [-0.1, -0.05) is 6.92 Å². The third-order valence-corrected chi connectivity index (χ3v) is 3.45. The van der Waals surface area contributed by atoms with Gasteiger partial charge in [0.05, 0.1) is 11.8 Å². The second kappa shape index (κ2) is 8.36. The maximum atomic E-state index is 11.7. The van der Waals surface area contributed by atoms with E-state index in [9.17, 15) is 14.4 Å². The van der Waals surface area contributed by atoms with Crippen LogP contribution in [0.5, 0.6) is 0 Å². The predicted molar refractivity (Wildman–Crippen MR) is 80.3 cm³/mol. The van der Waals surface area contributed by atoms with Crippen LogP contribution in [0.15, 0.2) is 24.5 Å². The highest BCUT2D eigenvalue weighted by molar-refractivity contribution is 5.83. The molecule has 0 aliphatic heterocycles. The second-order valence-electron chi connectivity index (χ2n) is 5.58. The number of hydrogen-bond acceptors (Lipinski definition) is 5.